The quantitative estimate of drug-likeness (QED) is 0.832. The SMILES string of the molecule is CCn1cc(CSC(C)C)c2c(N)cccc21. The molecule has 0 saturated carbocycles. The Morgan fingerprint density at radius 2 is 2.12 bits per heavy atom. The molecular formula is C14H20N2S. The van der Waals surface area contributed by atoms with Gasteiger partial charge in [0.15, 0.2) is 0 Å². The predicted octanol–water partition coefficient (Wildman–Crippen LogP) is 3.89. The second kappa shape index (κ2) is 5.05. The zero-order valence-corrected chi connectivity index (χ0v) is 11.6. The summed E-state index contributed by atoms with van der Waals surface area (Å²) in [6, 6.07) is 6.17. The van der Waals surface area contributed by atoms with Gasteiger partial charge in [0.05, 0.1) is 5.52 Å². The molecule has 0 bridgehead atoms. The van der Waals surface area contributed by atoms with Crippen molar-refractivity contribution in [1.82, 2.24) is 4.57 Å². The fraction of sp³-hybridized carbons (Fsp3) is 0.429. The summed E-state index contributed by atoms with van der Waals surface area (Å²) in [5, 5.41) is 1.89. The predicted molar refractivity (Wildman–Crippen MR) is 78.5 cm³/mol. The maximum absolute atomic E-state index is 6.11. The Bertz CT molecular complexity index is 514. The van der Waals surface area contributed by atoms with Crippen LogP contribution in [0.2, 0.25) is 0 Å². The van der Waals surface area contributed by atoms with Gasteiger partial charge in [0.1, 0.15) is 0 Å². The molecular weight excluding hydrogens is 228 g/mol. The highest BCUT2D eigenvalue weighted by atomic mass is 32.2. The minimum atomic E-state index is 0.653. The van der Waals surface area contributed by atoms with Gasteiger partial charge in [-0.1, -0.05) is 19.9 Å². The lowest BCUT2D eigenvalue weighted by atomic mass is 10.1. The molecule has 0 spiro atoms. The van der Waals surface area contributed by atoms with Crippen LogP contribution in [0.25, 0.3) is 10.9 Å². The number of aromatic nitrogens is 1. The first-order valence-electron chi connectivity index (χ1n) is 6.11. The molecule has 1 heterocycles. The van der Waals surface area contributed by atoms with Crippen LogP contribution in [0.4, 0.5) is 5.69 Å². The summed E-state index contributed by atoms with van der Waals surface area (Å²) in [6.45, 7) is 7.62. The van der Waals surface area contributed by atoms with Gasteiger partial charge in [-0.05, 0) is 29.9 Å². The number of thioether (sulfide) groups is 1. The van der Waals surface area contributed by atoms with Crippen LogP contribution in [0.1, 0.15) is 26.3 Å². The Hall–Kier alpha value is -1.09. The number of aryl methyl sites for hydroxylation is 1. The normalized spacial score (nSPS) is 11.5. The lowest BCUT2D eigenvalue weighted by molar-refractivity contribution is 0.795. The van der Waals surface area contributed by atoms with Gasteiger partial charge in [-0.15, -0.1) is 0 Å². The van der Waals surface area contributed by atoms with Crippen molar-refractivity contribution in [3.8, 4) is 0 Å². The van der Waals surface area contributed by atoms with Gasteiger partial charge in [0, 0.05) is 29.6 Å². The van der Waals surface area contributed by atoms with Crippen molar-refractivity contribution in [1.29, 1.82) is 0 Å². The second-order valence-electron chi connectivity index (χ2n) is 4.54. The first-order valence-corrected chi connectivity index (χ1v) is 7.16. The maximum Gasteiger partial charge on any atom is 0.0504 e. The molecule has 1 aromatic heterocycles. The van der Waals surface area contributed by atoms with E-state index in [0.717, 1.165) is 18.0 Å². The van der Waals surface area contributed by atoms with Crippen LogP contribution in [0.3, 0.4) is 0 Å². The van der Waals surface area contributed by atoms with Gasteiger partial charge in [-0.3, -0.25) is 0 Å². The fourth-order valence-corrected chi connectivity index (χ4v) is 2.83. The van der Waals surface area contributed by atoms with E-state index in [1.807, 2.05) is 23.9 Å². The minimum Gasteiger partial charge on any atom is -0.398 e. The van der Waals surface area contributed by atoms with E-state index >= 15 is 0 Å². The first kappa shape index (κ1) is 12.4. The smallest absolute Gasteiger partial charge is 0.0504 e. The van der Waals surface area contributed by atoms with Gasteiger partial charge >= 0.3 is 0 Å². The highest BCUT2D eigenvalue weighted by molar-refractivity contribution is 7.99. The van der Waals surface area contributed by atoms with Crippen LogP contribution in [0, 0.1) is 0 Å². The molecule has 17 heavy (non-hydrogen) atoms. The van der Waals surface area contributed by atoms with Crippen LogP contribution >= 0.6 is 11.8 Å². The third kappa shape index (κ3) is 2.44. The van der Waals surface area contributed by atoms with E-state index in [-0.39, 0.29) is 0 Å². The molecule has 2 N–H and O–H groups in total. The van der Waals surface area contributed by atoms with Gasteiger partial charge in [0.25, 0.3) is 0 Å². The maximum atomic E-state index is 6.11. The molecule has 3 heteroatoms. The summed E-state index contributed by atoms with van der Waals surface area (Å²) in [5.41, 5.74) is 9.62. The van der Waals surface area contributed by atoms with Crippen molar-refractivity contribution in [2.24, 2.45) is 0 Å². The van der Waals surface area contributed by atoms with Gasteiger partial charge in [-0.25, -0.2) is 0 Å². The lowest BCUT2D eigenvalue weighted by Gasteiger charge is -2.04. The number of nitrogens with zero attached hydrogens (tertiary/aromatic N) is 1. The average Bonchev–Trinajstić information content (AvgIpc) is 2.66. The number of fused-ring (bicyclic) bond motifs is 1. The highest BCUT2D eigenvalue weighted by Gasteiger charge is 2.10. The van der Waals surface area contributed by atoms with E-state index in [2.05, 4.69) is 37.6 Å². The lowest BCUT2D eigenvalue weighted by Crippen LogP contribution is -1.91. The average molecular weight is 248 g/mol. The molecule has 0 unspecified atom stereocenters. The standard InChI is InChI=1S/C14H20N2S/c1-4-16-8-11(9-17-10(2)3)14-12(15)6-5-7-13(14)16/h5-8,10H,4,9,15H2,1-3H3. The van der Waals surface area contributed by atoms with E-state index in [1.165, 1.54) is 16.5 Å². The summed E-state index contributed by atoms with van der Waals surface area (Å²) in [4.78, 5) is 0. The summed E-state index contributed by atoms with van der Waals surface area (Å²) in [7, 11) is 0. The molecule has 92 valence electrons. The zero-order chi connectivity index (χ0) is 12.4. The van der Waals surface area contributed by atoms with Gasteiger partial charge in [0.2, 0.25) is 0 Å². The number of benzene rings is 1. The molecule has 0 aliphatic heterocycles. The number of nitrogens with two attached hydrogens (primary N) is 1. The molecule has 2 aromatic rings. The third-order valence-corrected chi connectivity index (χ3v) is 4.07. The van der Waals surface area contributed by atoms with E-state index in [4.69, 9.17) is 5.73 Å². The molecule has 0 amide bonds. The molecule has 0 aliphatic rings. The van der Waals surface area contributed by atoms with Crippen LogP contribution in [0.15, 0.2) is 24.4 Å². The zero-order valence-electron chi connectivity index (χ0n) is 10.7. The molecule has 0 fully saturated rings. The van der Waals surface area contributed by atoms with Gasteiger partial charge < -0.3 is 10.3 Å². The van der Waals surface area contributed by atoms with Crippen molar-refractivity contribution in [3.63, 3.8) is 0 Å². The van der Waals surface area contributed by atoms with Crippen LogP contribution in [-0.2, 0) is 12.3 Å². The largest absolute Gasteiger partial charge is 0.398 e. The number of hydrogen-bond donors (Lipinski definition) is 1. The van der Waals surface area contributed by atoms with Crippen LogP contribution in [0.5, 0.6) is 0 Å². The Kier molecular flexibility index (Phi) is 3.67. The second-order valence-corrected chi connectivity index (χ2v) is 6.11. The van der Waals surface area contributed by atoms with Crippen molar-refractivity contribution >= 4 is 28.4 Å². The summed E-state index contributed by atoms with van der Waals surface area (Å²) >= 11 is 1.96. The van der Waals surface area contributed by atoms with Crippen molar-refractivity contribution in [2.45, 2.75) is 38.3 Å². The van der Waals surface area contributed by atoms with E-state index in [1.54, 1.807) is 0 Å². The van der Waals surface area contributed by atoms with E-state index < -0.39 is 0 Å². The third-order valence-electron chi connectivity index (χ3n) is 2.93. The molecule has 0 saturated heterocycles. The molecule has 2 nitrogen and oxygen atoms in total. The minimum absolute atomic E-state index is 0.653. The van der Waals surface area contributed by atoms with Crippen LogP contribution in [-0.4, -0.2) is 9.82 Å². The molecule has 0 radical (unpaired) electrons. The van der Waals surface area contributed by atoms with E-state index in [9.17, 15) is 0 Å². The summed E-state index contributed by atoms with van der Waals surface area (Å²) in [6.07, 6.45) is 2.25. The topological polar surface area (TPSA) is 30.9 Å². The van der Waals surface area contributed by atoms with Crippen molar-refractivity contribution < 1.29 is 0 Å². The Labute approximate surface area is 107 Å². The summed E-state index contributed by atoms with van der Waals surface area (Å²) < 4.78 is 2.28. The highest BCUT2D eigenvalue weighted by Crippen LogP contribution is 2.30. The number of hydrogen-bond acceptors (Lipinski definition) is 2. The number of rotatable bonds is 4. The number of anilines is 1. The summed E-state index contributed by atoms with van der Waals surface area (Å²) in [5.74, 6) is 1.04. The Morgan fingerprint density at radius 1 is 1.35 bits per heavy atom. The monoisotopic (exact) mass is 248 g/mol. The van der Waals surface area contributed by atoms with E-state index in [0.29, 0.717) is 5.25 Å². The molecule has 1 aromatic carbocycles. The number of nitrogen functional groups attached to an aromatic ring is 1. The first-order chi connectivity index (χ1) is 8.13. The molecule has 0 aliphatic carbocycles. The fourth-order valence-electron chi connectivity index (χ4n) is 2.10. The van der Waals surface area contributed by atoms with Gasteiger partial charge in [-0.2, -0.15) is 11.8 Å². The Morgan fingerprint density at radius 3 is 2.76 bits per heavy atom. The van der Waals surface area contributed by atoms with Crippen molar-refractivity contribution in [2.75, 3.05) is 5.73 Å². The molecule has 0 atom stereocenters. The van der Waals surface area contributed by atoms with Crippen LogP contribution < -0.4 is 5.73 Å². The molecule has 2 rings (SSSR count). The van der Waals surface area contributed by atoms with Crippen molar-refractivity contribution in [3.05, 3.63) is 30.0 Å². The Balaban J connectivity index is 2.47.